The van der Waals surface area contributed by atoms with Gasteiger partial charge in [0.2, 0.25) is 10.0 Å². The molecule has 0 radical (unpaired) electrons. The normalized spacial score (nSPS) is 17.6. The Bertz CT molecular complexity index is 506. The van der Waals surface area contributed by atoms with E-state index >= 15 is 0 Å². The molecule has 1 atom stereocenters. The molecule has 0 saturated heterocycles. The van der Waals surface area contributed by atoms with Gasteiger partial charge in [-0.25, -0.2) is 13.1 Å². The fourth-order valence-electron chi connectivity index (χ4n) is 2.12. The molecule has 2 rings (SSSR count). The lowest BCUT2D eigenvalue weighted by molar-refractivity contribution is 0.496. The Labute approximate surface area is 119 Å². The summed E-state index contributed by atoms with van der Waals surface area (Å²) in [4.78, 5) is 0. The van der Waals surface area contributed by atoms with Crippen molar-refractivity contribution in [3.8, 4) is 0 Å². The molecule has 1 saturated carbocycles. The van der Waals surface area contributed by atoms with Crippen LogP contribution in [0.3, 0.4) is 0 Å². The summed E-state index contributed by atoms with van der Waals surface area (Å²) in [6, 6.07) is 1.83. The van der Waals surface area contributed by atoms with Crippen LogP contribution in [0.15, 0.2) is 15.7 Å². The van der Waals surface area contributed by atoms with Gasteiger partial charge in [-0.3, -0.25) is 0 Å². The maximum Gasteiger partial charge on any atom is 0.250 e. The van der Waals surface area contributed by atoms with Crippen LogP contribution < -0.4 is 10.0 Å². The number of thiophene rings is 1. The zero-order chi connectivity index (χ0) is 13.9. The first-order valence-electron chi connectivity index (χ1n) is 6.79. The molecule has 1 aromatic heterocycles. The maximum atomic E-state index is 12.3. The van der Waals surface area contributed by atoms with E-state index in [0.29, 0.717) is 10.8 Å². The molecule has 19 heavy (non-hydrogen) atoms. The second-order valence-corrected chi connectivity index (χ2v) is 8.06. The van der Waals surface area contributed by atoms with Gasteiger partial charge in [-0.15, -0.1) is 11.3 Å². The van der Waals surface area contributed by atoms with Gasteiger partial charge in [-0.1, -0.05) is 19.8 Å². The van der Waals surface area contributed by atoms with E-state index in [9.17, 15) is 8.42 Å². The number of hydrogen-bond acceptors (Lipinski definition) is 4. The van der Waals surface area contributed by atoms with Gasteiger partial charge in [0.05, 0.1) is 0 Å². The first-order chi connectivity index (χ1) is 9.05. The lowest BCUT2D eigenvalue weighted by atomic mass is 10.1. The molecule has 0 amide bonds. The van der Waals surface area contributed by atoms with Crippen molar-refractivity contribution in [3.63, 3.8) is 0 Å². The Hall–Kier alpha value is -0.430. The summed E-state index contributed by atoms with van der Waals surface area (Å²) in [5.41, 5.74) is 1.02. The summed E-state index contributed by atoms with van der Waals surface area (Å²) in [6.45, 7) is 2.74. The Morgan fingerprint density at radius 1 is 1.47 bits per heavy atom. The molecular formula is C13H22N2O2S2. The second-order valence-electron chi connectivity index (χ2n) is 5.21. The Kier molecular flexibility index (Phi) is 5.00. The summed E-state index contributed by atoms with van der Waals surface area (Å²) in [5, 5.41) is 4.92. The largest absolute Gasteiger partial charge is 0.316 e. The van der Waals surface area contributed by atoms with Crippen molar-refractivity contribution >= 4 is 21.4 Å². The van der Waals surface area contributed by atoms with Crippen molar-refractivity contribution < 1.29 is 8.42 Å². The Morgan fingerprint density at radius 3 is 2.79 bits per heavy atom. The molecule has 0 bridgehead atoms. The molecule has 1 unspecified atom stereocenters. The van der Waals surface area contributed by atoms with Crippen LogP contribution in [0.5, 0.6) is 0 Å². The molecule has 2 N–H and O–H groups in total. The van der Waals surface area contributed by atoms with Crippen molar-refractivity contribution in [2.24, 2.45) is 5.92 Å². The molecule has 4 nitrogen and oxygen atoms in total. The molecule has 6 heteroatoms. The SMILES string of the molecule is CCC(CC1CC1)NS(=O)(=O)c1cc(CNC)cs1. The fraction of sp³-hybridized carbons (Fsp3) is 0.692. The van der Waals surface area contributed by atoms with Crippen LogP contribution in [0, 0.1) is 5.92 Å². The minimum atomic E-state index is -3.35. The highest BCUT2D eigenvalue weighted by molar-refractivity contribution is 7.91. The van der Waals surface area contributed by atoms with Crippen molar-refractivity contribution in [1.29, 1.82) is 0 Å². The summed E-state index contributed by atoms with van der Waals surface area (Å²) >= 11 is 1.29. The molecule has 1 heterocycles. The predicted octanol–water partition coefficient (Wildman–Crippen LogP) is 2.32. The monoisotopic (exact) mass is 302 g/mol. The first kappa shape index (κ1) is 15.0. The summed E-state index contributed by atoms with van der Waals surface area (Å²) in [6.07, 6.45) is 4.34. The summed E-state index contributed by atoms with van der Waals surface area (Å²) < 4.78 is 27.9. The lowest BCUT2D eigenvalue weighted by Crippen LogP contribution is -2.34. The Morgan fingerprint density at radius 2 is 2.21 bits per heavy atom. The van der Waals surface area contributed by atoms with Gasteiger partial charge in [-0.05, 0) is 42.8 Å². The topological polar surface area (TPSA) is 58.2 Å². The van der Waals surface area contributed by atoms with E-state index in [1.54, 1.807) is 6.07 Å². The van der Waals surface area contributed by atoms with Gasteiger partial charge < -0.3 is 5.32 Å². The molecule has 108 valence electrons. The quantitative estimate of drug-likeness (QED) is 0.775. The molecular weight excluding hydrogens is 280 g/mol. The van der Waals surface area contributed by atoms with Gasteiger partial charge in [-0.2, -0.15) is 0 Å². The number of sulfonamides is 1. The zero-order valence-corrected chi connectivity index (χ0v) is 13.1. The number of rotatable bonds is 8. The van der Waals surface area contributed by atoms with E-state index in [1.165, 1.54) is 24.2 Å². The Balaban J connectivity index is 2.02. The predicted molar refractivity (Wildman–Crippen MR) is 78.8 cm³/mol. The standard InChI is InChI=1S/C13H22N2O2S2/c1-3-12(6-10-4-5-10)15-19(16,17)13-7-11(8-14-2)9-18-13/h7,9-10,12,14-15H,3-6,8H2,1-2H3. The minimum absolute atomic E-state index is 0.0763. The van der Waals surface area contributed by atoms with E-state index in [1.807, 2.05) is 19.4 Å². The van der Waals surface area contributed by atoms with E-state index in [2.05, 4.69) is 10.0 Å². The molecule has 0 aromatic carbocycles. The van der Waals surface area contributed by atoms with Gasteiger partial charge in [0, 0.05) is 12.6 Å². The maximum absolute atomic E-state index is 12.3. The fourth-order valence-corrected chi connectivity index (χ4v) is 4.68. The third kappa shape index (κ3) is 4.27. The van der Waals surface area contributed by atoms with Crippen LogP contribution in [0.1, 0.15) is 38.2 Å². The van der Waals surface area contributed by atoms with Crippen LogP contribution in [-0.4, -0.2) is 21.5 Å². The van der Waals surface area contributed by atoms with Crippen molar-refractivity contribution in [3.05, 3.63) is 17.0 Å². The zero-order valence-electron chi connectivity index (χ0n) is 11.5. The molecule has 1 aliphatic rings. The van der Waals surface area contributed by atoms with E-state index in [0.717, 1.165) is 24.3 Å². The van der Waals surface area contributed by atoms with Crippen LogP contribution in [-0.2, 0) is 16.6 Å². The lowest BCUT2D eigenvalue weighted by Gasteiger charge is -2.15. The van der Waals surface area contributed by atoms with Crippen molar-refractivity contribution in [1.82, 2.24) is 10.0 Å². The third-order valence-corrected chi connectivity index (χ3v) is 6.41. The van der Waals surface area contributed by atoms with Gasteiger partial charge >= 0.3 is 0 Å². The van der Waals surface area contributed by atoms with Crippen LogP contribution in [0.2, 0.25) is 0 Å². The molecule has 0 spiro atoms. The summed E-state index contributed by atoms with van der Waals surface area (Å²) in [7, 11) is -1.49. The van der Waals surface area contributed by atoms with Gasteiger partial charge in [0.15, 0.2) is 0 Å². The van der Waals surface area contributed by atoms with E-state index < -0.39 is 10.0 Å². The number of nitrogens with one attached hydrogen (secondary N) is 2. The number of hydrogen-bond donors (Lipinski definition) is 2. The van der Waals surface area contributed by atoms with E-state index in [4.69, 9.17) is 0 Å². The molecule has 1 fully saturated rings. The third-order valence-electron chi connectivity index (χ3n) is 3.40. The van der Waals surface area contributed by atoms with Crippen LogP contribution >= 0.6 is 11.3 Å². The highest BCUT2D eigenvalue weighted by Gasteiger charge is 2.28. The minimum Gasteiger partial charge on any atom is -0.316 e. The van der Waals surface area contributed by atoms with Crippen molar-refractivity contribution in [2.75, 3.05) is 7.05 Å². The van der Waals surface area contributed by atoms with Gasteiger partial charge in [0.25, 0.3) is 0 Å². The molecule has 1 aromatic rings. The second kappa shape index (κ2) is 6.35. The molecule has 1 aliphatic carbocycles. The first-order valence-corrected chi connectivity index (χ1v) is 9.15. The highest BCUT2D eigenvalue weighted by Crippen LogP contribution is 2.34. The van der Waals surface area contributed by atoms with E-state index in [-0.39, 0.29) is 6.04 Å². The average Bonchev–Trinajstić information content (AvgIpc) is 3.04. The molecule has 0 aliphatic heterocycles. The van der Waals surface area contributed by atoms with Crippen LogP contribution in [0.4, 0.5) is 0 Å². The van der Waals surface area contributed by atoms with Crippen molar-refractivity contribution in [2.45, 2.75) is 49.4 Å². The summed E-state index contributed by atoms with van der Waals surface area (Å²) in [5.74, 6) is 0.732. The van der Waals surface area contributed by atoms with Gasteiger partial charge in [0.1, 0.15) is 4.21 Å². The average molecular weight is 302 g/mol. The highest BCUT2D eigenvalue weighted by atomic mass is 32.2. The van der Waals surface area contributed by atoms with Crippen LogP contribution in [0.25, 0.3) is 0 Å². The smallest absolute Gasteiger partial charge is 0.250 e.